The molecule has 0 fully saturated rings. The second-order valence-electron chi connectivity index (χ2n) is 7.29. The Balaban J connectivity index is 1.37. The molecule has 1 N–H and O–H groups in total. The first kappa shape index (κ1) is 21.2. The number of benzene rings is 3. The third kappa shape index (κ3) is 4.81. The summed E-state index contributed by atoms with van der Waals surface area (Å²) in [5, 5.41) is 2.88. The maximum atomic E-state index is 12.7. The van der Waals surface area contributed by atoms with E-state index >= 15 is 0 Å². The van der Waals surface area contributed by atoms with Crippen LogP contribution in [0.4, 0.5) is 0 Å². The first-order chi connectivity index (χ1) is 15.7. The number of amides is 1. The van der Waals surface area contributed by atoms with Gasteiger partial charge < -0.3 is 14.8 Å². The molecule has 3 aromatic carbocycles. The molecule has 0 bridgehead atoms. The summed E-state index contributed by atoms with van der Waals surface area (Å²) in [4.78, 5) is 16.8. The number of ether oxygens (including phenoxy) is 2. The van der Waals surface area contributed by atoms with Crippen LogP contribution < -0.4 is 14.8 Å². The lowest BCUT2D eigenvalue weighted by atomic mass is 10.0. The molecular weight excluding hydrogens is 402 g/mol. The van der Waals surface area contributed by atoms with Gasteiger partial charge in [0.1, 0.15) is 23.8 Å². The van der Waals surface area contributed by atoms with Crippen LogP contribution >= 0.6 is 0 Å². The Morgan fingerprint density at radius 2 is 1.69 bits per heavy atom. The van der Waals surface area contributed by atoms with Crippen molar-refractivity contribution in [1.29, 1.82) is 0 Å². The molecule has 0 aliphatic carbocycles. The van der Waals surface area contributed by atoms with E-state index in [0.29, 0.717) is 18.8 Å². The largest absolute Gasteiger partial charge is 0.497 e. The van der Waals surface area contributed by atoms with Crippen LogP contribution in [0.25, 0.3) is 16.8 Å². The first-order valence-corrected chi connectivity index (χ1v) is 10.4. The summed E-state index contributed by atoms with van der Waals surface area (Å²) in [6.45, 7) is 2.83. The van der Waals surface area contributed by atoms with Gasteiger partial charge in [-0.2, -0.15) is 0 Å². The second-order valence-corrected chi connectivity index (χ2v) is 7.29. The number of nitrogens with one attached hydrogen (secondary N) is 1. The highest BCUT2D eigenvalue weighted by Gasteiger charge is 2.13. The lowest BCUT2D eigenvalue weighted by Gasteiger charge is -2.11. The zero-order chi connectivity index (χ0) is 22.3. The predicted molar refractivity (Wildman–Crippen MR) is 125 cm³/mol. The number of rotatable bonds is 8. The Morgan fingerprint density at radius 1 is 0.969 bits per heavy atom. The molecule has 6 heteroatoms. The summed E-state index contributed by atoms with van der Waals surface area (Å²) in [7, 11) is 1.62. The summed E-state index contributed by atoms with van der Waals surface area (Å²) in [5.41, 5.74) is 4.89. The normalized spacial score (nSPS) is 10.6. The van der Waals surface area contributed by atoms with Gasteiger partial charge in [0.25, 0.3) is 5.91 Å². The molecule has 162 valence electrons. The maximum absolute atomic E-state index is 12.7. The van der Waals surface area contributed by atoms with E-state index in [4.69, 9.17) is 9.47 Å². The van der Waals surface area contributed by atoms with E-state index in [1.165, 1.54) is 11.1 Å². The van der Waals surface area contributed by atoms with Gasteiger partial charge in [-0.15, -0.1) is 0 Å². The third-order valence-electron chi connectivity index (χ3n) is 5.19. The van der Waals surface area contributed by atoms with Crippen LogP contribution in [0.5, 0.6) is 11.5 Å². The molecule has 0 atom stereocenters. The molecule has 1 aromatic heterocycles. The molecule has 0 aliphatic rings. The third-order valence-corrected chi connectivity index (χ3v) is 5.19. The van der Waals surface area contributed by atoms with Crippen molar-refractivity contribution < 1.29 is 14.3 Å². The van der Waals surface area contributed by atoms with E-state index in [9.17, 15) is 4.79 Å². The Bertz CT molecular complexity index is 1180. The molecule has 6 nitrogen and oxygen atoms in total. The quantitative estimate of drug-likeness (QED) is 0.415. The molecular formula is C26H25N3O3. The average molecular weight is 428 g/mol. The average Bonchev–Trinajstić information content (AvgIpc) is 3.33. The van der Waals surface area contributed by atoms with Gasteiger partial charge in [-0.25, -0.2) is 4.98 Å². The van der Waals surface area contributed by atoms with Crippen LogP contribution in [0.1, 0.15) is 16.1 Å². The molecule has 4 rings (SSSR count). The highest BCUT2D eigenvalue weighted by molar-refractivity contribution is 5.93. The van der Waals surface area contributed by atoms with E-state index in [1.807, 2.05) is 48.5 Å². The Hall–Kier alpha value is -4.06. The summed E-state index contributed by atoms with van der Waals surface area (Å²) < 4.78 is 12.6. The fraction of sp³-hybridized carbons (Fsp3) is 0.154. The number of imidazole rings is 1. The van der Waals surface area contributed by atoms with Gasteiger partial charge in [0.05, 0.1) is 26.2 Å². The van der Waals surface area contributed by atoms with Crippen molar-refractivity contribution in [1.82, 2.24) is 14.9 Å². The van der Waals surface area contributed by atoms with Crippen LogP contribution in [-0.2, 0) is 0 Å². The Kier molecular flexibility index (Phi) is 6.51. The fourth-order valence-corrected chi connectivity index (χ4v) is 3.46. The van der Waals surface area contributed by atoms with Crippen molar-refractivity contribution in [3.05, 3.63) is 96.6 Å². The summed E-state index contributed by atoms with van der Waals surface area (Å²) >= 11 is 0. The fourth-order valence-electron chi connectivity index (χ4n) is 3.46. The number of nitrogens with zero attached hydrogens (tertiary/aromatic N) is 2. The van der Waals surface area contributed by atoms with Gasteiger partial charge in [0.2, 0.25) is 0 Å². The zero-order valence-corrected chi connectivity index (χ0v) is 18.1. The van der Waals surface area contributed by atoms with Crippen molar-refractivity contribution in [3.63, 3.8) is 0 Å². The smallest absolute Gasteiger partial charge is 0.270 e. The van der Waals surface area contributed by atoms with Crippen molar-refractivity contribution in [2.45, 2.75) is 6.92 Å². The van der Waals surface area contributed by atoms with Crippen molar-refractivity contribution in [2.75, 3.05) is 20.3 Å². The molecule has 0 saturated heterocycles. The monoisotopic (exact) mass is 427 g/mol. The van der Waals surface area contributed by atoms with E-state index in [1.54, 1.807) is 24.2 Å². The van der Waals surface area contributed by atoms with Crippen LogP contribution in [0.3, 0.4) is 0 Å². The van der Waals surface area contributed by atoms with Gasteiger partial charge in [-0.1, -0.05) is 36.4 Å². The van der Waals surface area contributed by atoms with Crippen LogP contribution in [-0.4, -0.2) is 35.7 Å². The summed E-state index contributed by atoms with van der Waals surface area (Å²) in [6, 6.07) is 23.7. The van der Waals surface area contributed by atoms with E-state index in [2.05, 4.69) is 41.5 Å². The first-order valence-electron chi connectivity index (χ1n) is 10.4. The minimum atomic E-state index is -0.205. The van der Waals surface area contributed by atoms with Gasteiger partial charge in [0.15, 0.2) is 0 Å². The molecule has 4 aromatic rings. The molecule has 0 spiro atoms. The van der Waals surface area contributed by atoms with Crippen LogP contribution in [0, 0.1) is 6.92 Å². The standard InChI is InChI=1S/C26H25N3O3/c1-19-5-3-4-6-24(19)20-7-9-21(10-8-20)29-18-27-17-25(29)26(30)28-15-16-32-23-13-11-22(31-2)12-14-23/h3-14,17-18H,15-16H2,1-2H3,(H,28,30). The molecule has 0 aliphatic heterocycles. The molecule has 32 heavy (non-hydrogen) atoms. The maximum Gasteiger partial charge on any atom is 0.270 e. The zero-order valence-electron chi connectivity index (χ0n) is 18.1. The van der Waals surface area contributed by atoms with Gasteiger partial charge >= 0.3 is 0 Å². The van der Waals surface area contributed by atoms with Crippen molar-refractivity contribution in [2.24, 2.45) is 0 Å². The number of methoxy groups -OCH3 is 1. The summed E-state index contributed by atoms with van der Waals surface area (Å²) in [6.07, 6.45) is 3.21. The summed E-state index contributed by atoms with van der Waals surface area (Å²) in [5.74, 6) is 1.29. The molecule has 1 heterocycles. The second kappa shape index (κ2) is 9.83. The topological polar surface area (TPSA) is 65.4 Å². The minimum Gasteiger partial charge on any atom is -0.497 e. The highest BCUT2D eigenvalue weighted by atomic mass is 16.5. The van der Waals surface area contributed by atoms with Crippen LogP contribution in [0.15, 0.2) is 85.3 Å². The van der Waals surface area contributed by atoms with Crippen molar-refractivity contribution in [3.8, 4) is 28.3 Å². The Morgan fingerprint density at radius 3 is 2.41 bits per heavy atom. The van der Waals surface area contributed by atoms with Crippen LogP contribution in [0.2, 0.25) is 0 Å². The lowest BCUT2D eigenvalue weighted by molar-refractivity contribution is 0.0940. The minimum absolute atomic E-state index is 0.205. The van der Waals surface area contributed by atoms with Gasteiger partial charge in [0, 0.05) is 5.69 Å². The molecule has 0 saturated carbocycles. The number of aryl methyl sites for hydroxylation is 1. The van der Waals surface area contributed by atoms with E-state index < -0.39 is 0 Å². The number of aromatic nitrogens is 2. The highest BCUT2D eigenvalue weighted by Crippen LogP contribution is 2.24. The molecule has 0 radical (unpaired) electrons. The lowest BCUT2D eigenvalue weighted by Crippen LogP contribution is -2.29. The van der Waals surface area contributed by atoms with Crippen molar-refractivity contribution >= 4 is 5.91 Å². The number of hydrogen-bond acceptors (Lipinski definition) is 4. The molecule has 1 amide bonds. The van der Waals surface area contributed by atoms with Gasteiger partial charge in [-0.05, 0) is 60.0 Å². The van der Waals surface area contributed by atoms with E-state index in [0.717, 1.165) is 22.7 Å². The SMILES string of the molecule is COc1ccc(OCCNC(=O)c2cncn2-c2ccc(-c3ccccc3C)cc2)cc1. The predicted octanol–water partition coefficient (Wildman–Crippen LogP) is 4.67. The van der Waals surface area contributed by atoms with E-state index in [-0.39, 0.29) is 5.91 Å². The number of carbonyl (C=O) groups is 1. The number of carbonyl (C=O) groups excluding carboxylic acids is 1. The molecule has 0 unspecified atom stereocenters. The Labute approximate surface area is 187 Å². The van der Waals surface area contributed by atoms with Gasteiger partial charge in [-0.3, -0.25) is 9.36 Å². The number of hydrogen-bond donors (Lipinski definition) is 1.